The number of aliphatic hydroxyl groups is 2. The number of carboxylic acid groups (broad SMARTS) is 1. The van der Waals surface area contributed by atoms with E-state index in [1.807, 2.05) is 13.8 Å². The van der Waals surface area contributed by atoms with Crippen LogP contribution in [0, 0.1) is 5.92 Å². The second kappa shape index (κ2) is 6.79. The number of hydrogen-bond donors (Lipinski definition) is 3. The molecular weight excluding hydrogens is 184 g/mol. The molecular formula is C10H20O4. The predicted molar refractivity (Wildman–Crippen MR) is 53.0 cm³/mol. The fourth-order valence-corrected chi connectivity index (χ4v) is 1.59. The maximum Gasteiger partial charge on any atom is 0.305 e. The second-order valence-corrected chi connectivity index (χ2v) is 3.63. The normalized spacial score (nSPS) is 15.5. The van der Waals surface area contributed by atoms with Gasteiger partial charge in [0.05, 0.1) is 18.6 Å². The molecule has 2 atom stereocenters. The molecule has 0 spiro atoms. The predicted octanol–water partition coefficient (Wildman–Crippen LogP) is 1.01. The highest BCUT2D eigenvalue weighted by atomic mass is 16.4. The molecule has 0 bridgehead atoms. The Morgan fingerprint density at radius 1 is 1.21 bits per heavy atom. The summed E-state index contributed by atoms with van der Waals surface area (Å²) < 4.78 is 0. The van der Waals surface area contributed by atoms with E-state index in [-0.39, 0.29) is 18.8 Å². The lowest BCUT2D eigenvalue weighted by Gasteiger charge is -2.21. The fourth-order valence-electron chi connectivity index (χ4n) is 1.59. The third-order valence-electron chi connectivity index (χ3n) is 2.52. The van der Waals surface area contributed by atoms with E-state index in [1.54, 1.807) is 0 Å². The standard InChI is InChI=1S/C10H20O4/c1-3-7(4-2)9(12)5-8(11)6-10(13)14/h7-9,11-12H,3-6H2,1-2H3,(H,13,14)/t8-,9?/m1/s1. The van der Waals surface area contributed by atoms with Gasteiger partial charge >= 0.3 is 5.97 Å². The quantitative estimate of drug-likeness (QED) is 0.578. The summed E-state index contributed by atoms with van der Waals surface area (Å²) in [7, 11) is 0. The van der Waals surface area contributed by atoms with Gasteiger partial charge in [-0.25, -0.2) is 0 Å². The van der Waals surface area contributed by atoms with Crippen LogP contribution in [0.25, 0.3) is 0 Å². The zero-order chi connectivity index (χ0) is 11.1. The van der Waals surface area contributed by atoms with Gasteiger partial charge in [0.1, 0.15) is 0 Å². The molecule has 3 N–H and O–H groups in total. The molecule has 1 unspecified atom stereocenters. The van der Waals surface area contributed by atoms with E-state index in [1.165, 1.54) is 0 Å². The lowest BCUT2D eigenvalue weighted by molar-refractivity contribution is -0.139. The summed E-state index contributed by atoms with van der Waals surface area (Å²) in [5.74, 6) is -0.882. The van der Waals surface area contributed by atoms with Crippen LogP contribution in [-0.2, 0) is 4.79 Å². The van der Waals surface area contributed by atoms with Crippen molar-refractivity contribution < 1.29 is 20.1 Å². The highest BCUT2D eigenvalue weighted by Crippen LogP contribution is 2.17. The van der Waals surface area contributed by atoms with Gasteiger partial charge in [0.2, 0.25) is 0 Å². The van der Waals surface area contributed by atoms with E-state index in [2.05, 4.69) is 0 Å². The van der Waals surface area contributed by atoms with Crippen molar-refractivity contribution in [3.63, 3.8) is 0 Å². The Morgan fingerprint density at radius 3 is 2.07 bits per heavy atom. The molecule has 0 heterocycles. The highest BCUT2D eigenvalue weighted by molar-refractivity contribution is 5.67. The number of hydrogen-bond acceptors (Lipinski definition) is 3. The van der Waals surface area contributed by atoms with Gasteiger partial charge in [-0.2, -0.15) is 0 Å². The van der Waals surface area contributed by atoms with Crippen LogP contribution in [0.1, 0.15) is 39.5 Å². The molecule has 0 aromatic carbocycles. The van der Waals surface area contributed by atoms with Crippen LogP contribution in [0.3, 0.4) is 0 Å². The van der Waals surface area contributed by atoms with Crippen LogP contribution in [0.15, 0.2) is 0 Å². The van der Waals surface area contributed by atoms with Crippen molar-refractivity contribution in [1.82, 2.24) is 0 Å². The number of carbonyl (C=O) groups is 1. The molecule has 14 heavy (non-hydrogen) atoms. The summed E-state index contributed by atoms with van der Waals surface area (Å²) in [6.07, 6.45) is 0.00700. The summed E-state index contributed by atoms with van der Waals surface area (Å²) in [6, 6.07) is 0. The van der Waals surface area contributed by atoms with Crippen molar-refractivity contribution in [2.24, 2.45) is 5.92 Å². The van der Waals surface area contributed by atoms with Crippen molar-refractivity contribution in [2.75, 3.05) is 0 Å². The smallest absolute Gasteiger partial charge is 0.305 e. The molecule has 0 saturated carbocycles. The van der Waals surface area contributed by atoms with Crippen molar-refractivity contribution >= 4 is 5.97 Å². The van der Waals surface area contributed by atoms with E-state index in [4.69, 9.17) is 5.11 Å². The van der Waals surface area contributed by atoms with E-state index >= 15 is 0 Å². The zero-order valence-corrected chi connectivity index (χ0v) is 8.81. The van der Waals surface area contributed by atoms with Crippen molar-refractivity contribution in [3.05, 3.63) is 0 Å². The van der Waals surface area contributed by atoms with Gasteiger partial charge in [0.25, 0.3) is 0 Å². The van der Waals surface area contributed by atoms with E-state index < -0.39 is 18.2 Å². The molecule has 0 aromatic rings. The summed E-state index contributed by atoms with van der Waals surface area (Å²) >= 11 is 0. The van der Waals surface area contributed by atoms with Crippen LogP contribution < -0.4 is 0 Å². The minimum Gasteiger partial charge on any atom is -0.481 e. The zero-order valence-electron chi connectivity index (χ0n) is 8.81. The molecule has 4 heteroatoms. The third-order valence-corrected chi connectivity index (χ3v) is 2.52. The molecule has 0 amide bonds. The fraction of sp³-hybridized carbons (Fsp3) is 0.900. The van der Waals surface area contributed by atoms with Crippen LogP contribution >= 0.6 is 0 Å². The van der Waals surface area contributed by atoms with Crippen LogP contribution in [0.5, 0.6) is 0 Å². The van der Waals surface area contributed by atoms with Gasteiger partial charge in [-0.1, -0.05) is 26.7 Å². The van der Waals surface area contributed by atoms with Crippen LogP contribution in [0.4, 0.5) is 0 Å². The van der Waals surface area contributed by atoms with Crippen molar-refractivity contribution in [3.8, 4) is 0 Å². The highest BCUT2D eigenvalue weighted by Gasteiger charge is 2.20. The largest absolute Gasteiger partial charge is 0.481 e. The molecule has 4 nitrogen and oxygen atoms in total. The molecule has 0 aromatic heterocycles. The van der Waals surface area contributed by atoms with Crippen molar-refractivity contribution in [1.29, 1.82) is 0 Å². The van der Waals surface area contributed by atoms with E-state index in [0.717, 1.165) is 12.8 Å². The molecule has 0 aliphatic carbocycles. The first-order valence-corrected chi connectivity index (χ1v) is 5.09. The Labute approximate surface area is 84.6 Å². The SMILES string of the molecule is CCC(CC)C(O)C[C@@H](O)CC(=O)O. The maximum atomic E-state index is 10.3. The summed E-state index contributed by atoms with van der Waals surface area (Å²) in [5, 5.41) is 27.3. The topological polar surface area (TPSA) is 77.8 Å². The van der Waals surface area contributed by atoms with Gasteiger partial charge < -0.3 is 15.3 Å². The average molecular weight is 204 g/mol. The molecule has 84 valence electrons. The summed E-state index contributed by atoms with van der Waals surface area (Å²) in [6.45, 7) is 3.95. The van der Waals surface area contributed by atoms with E-state index in [9.17, 15) is 15.0 Å². The molecule has 0 aliphatic heterocycles. The first-order chi connectivity index (χ1) is 6.51. The van der Waals surface area contributed by atoms with E-state index in [0.29, 0.717) is 0 Å². The third kappa shape index (κ3) is 5.19. The van der Waals surface area contributed by atoms with Gasteiger partial charge in [-0.05, 0) is 5.92 Å². The van der Waals surface area contributed by atoms with Gasteiger partial charge in [0, 0.05) is 6.42 Å². The molecule has 0 radical (unpaired) electrons. The van der Waals surface area contributed by atoms with Gasteiger partial charge in [-0.15, -0.1) is 0 Å². The number of aliphatic hydroxyl groups excluding tert-OH is 2. The Hall–Kier alpha value is -0.610. The van der Waals surface area contributed by atoms with Gasteiger partial charge in [-0.3, -0.25) is 4.79 Å². The first kappa shape index (κ1) is 13.4. The first-order valence-electron chi connectivity index (χ1n) is 5.09. The number of aliphatic carboxylic acids is 1. The van der Waals surface area contributed by atoms with Crippen molar-refractivity contribution in [2.45, 2.75) is 51.7 Å². The molecule has 0 rings (SSSR count). The summed E-state index contributed by atoms with van der Waals surface area (Å²) in [5.41, 5.74) is 0. The Kier molecular flexibility index (Phi) is 6.49. The second-order valence-electron chi connectivity index (χ2n) is 3.63. The number of carboxylic acids is 1. The monoisotopic (exact) mass is 204 g/mol. The minimum absolute atomic E-state index is 0.151. The van der Waals surface area contributed by atoms with Crippen LogP contribution in [0.2, 0.25) is 0 Å². The average Bonchev–Trinajstić information content (AvgIpc) is 2.04. The van der Waals surface area contributed by atoms with Crippen LogP contribution in [-0.4, -0.2) is 33.5 Å². The molecule has 0 saturated heterocycles. The lowest BCUT2D eigenvalue weighted by Crippen LogP contribution is -2.26. The molecule has 0 fully saturated rings. The Morgan fingerprint density at radius 2 is 1.71 bits per heavy atom. The molecule has 0 aliphatic rings. The lowest BCUT2D eigenvalue weighted by atomic mass is 9.92. The Balaban J connectivity index is 3.90. The Bertz CT molecular complexity index is 166. The van der Waals surface area contributed by atoms with Gasteiger partial charge in [0.15, 0.2) is 0 Å². The minimum atomic E-state index is -1.03. The number of rotatable bonds is 7. The summed E-state index contributed by atoms with van der Waals surface area (Å²) in [4.78, 5) is 10.3. The maximum absolute atomic E-state index is 10.3.